The number of thiophene rings is 2. The van der Waals surface area contributed by atoms with Gasteiger partial charge in [-0.2, -0.15) is 0 Å². The number of benzene rings is 9. The summed E-state index contributed by atoms with van der Waals surface area (Å²) in [4.78, 5) is 0. The third kappa shape index (κ3) is 4.10. The Morgan fingerprint density at radius 1 is 0.280 bits per heavy atom. The molecule has 0 bridgehead atoms. The van der Waals surface area contributed by atoms with Gasteiger partial charge >= 0.3 is 0 Å². The highest BCUT2D eigenvalue weighted by molar-refractivity contribution is 7.28. The second-order valence-corrected chi connectivity index (χ2v) is 15.3. The standard InChI is InChI=1S/C48H28S2/c1-2-13-30-26-32(25-24-29(30)12-1)31-14-11-15-33(27-31)44-35-17-3-5-19-37(35)45(38-20-6-4-18-36(38)44)47-46-39-21-8-10-23-42(39)49-43(46)28-40-34-16-7-9-22-41(34)50-48(40)47/h1-28H. The van der Waals surface area contributed by atoms with E-state index in [1.807, 2.05) is 22.7 Å². The molecule has 2 aromatic heterocycles. The highest BCUT2D eigenvalue weighted by atomic mass is 32.1. The third-order valence-electron chi connectivity index (χ3n) is 10.4. The molecule has 0 saturated heterocycles. The van der Waals surface area contributed by atoms with E-state index in [1.165, 1.54) is 106 Å². The third-order valence-corrected chi connectivity index (χ3v) is 12.7. The molecule has 0 radical (unpaired) electrons. The molecule has 0 aliphatic heterocycles. The number of hydrogen-bond acceptors (Lipinski definition) is 2. The first-order valence-corrected chi connectivity index (χ1v) is 18.7. The van der Waals surface area contributed by atoms with Gasteiger partial charge in [-0.25, -0.2) is 0 Å². The zero-order chi connectivity index (χ0) is 32.8. The molecule has 11 aromatic rings. The Bertz CT molecular complexity index is 3090. The highest BCUT2D eigenvalue weighted by Crippen LogP contribution is 2.53. The van der Waals surface area contributed by atoms with Crippen LogP contribution in [0.15, 0.2) is 170 Å². The molecule has 0 amide bonds. The van der Waals surface area contributed by atoms with Crippen LogP contribution in [-0.2, 0) is 0 Å². The lowest BCUT2D eigenvalue weighted by molar-refractivity contribution is 1.63. The van der Waals surface area contributed by atoms with E-state index in [9.17, 15) is 0 Å². The largest absolute Gasteiger partial charge is 0.135 e. The number of fused-ring (bicyclic) bond motifs is 9. The van der Waals surface area contributed by atoms with Crippen LogP contribution >= 0.6 is 22.7 Å². The first-order valence-electron chi connectivity index (χ1n) is 17.1. The van der Waals surface area contributed by atoms with Crippen LogP contribution < -0.4 is 0 Å². The molecule has 2 heteroatoms. The molecule has 2 heterocycles. The second-order valence-electron chi connectivity index (χ2n) is 13.2. The average molecular weight is 669 g/mol. The van der Waals surface area contributed by atoms with Gasteiger partial charge in [-0.1, -0.05) is 140 Å². The summed E-state index contributed by atoms with van der Waals surface area (Å²) >= 11 is 3.85. The van der Waals surface area contributed by atoms with Crippen molar-refractivity contribution in [3.8, 4) is 33.4 Å². The maximum absolute atomic E-state index is 2.45. The van der Waals surface area contributed by atoms with Crippen LogP contribution in [0.5, 0.6) is 0 Å². The fourth-order valence-corrected chi connectivity index (χ4v) is 10.6. The first-order chi connectivity index (χ1) is 24.8. The summed E-state index contributed by atoms with van der Waals surface area (Å²) in [5.41, 5.74) is 7.68. The van der Waals surface area contributed by atoms with Crippen LogP contribution in [0.4, 0.5) is 0 Å². The second kappa shape index (κ2) is 10.9. The maximum atomic E-state index is 2.45. The van der Waals surface area contributed by atoms with E-state index in [-0.39, 0.29) is 0 Å². The Hall–Kier alpha value is -5.80. The van der Waals surface area contributed by atoms with Crippen molar-refractivity contribution < 1.29 is 0 Å². The normalized spacial score (nSPS) is 12.0. The van der Waals surface area contributed by atoms with Crippen molar-refractivity contribution in [3.05, 3.63) is 170 Å². The minimum absolute atomic E-state index is 1.23. The number of hydrogen-bond donors (Lipinski definition) is 0. The summed E-state index contributed by atoms with van der Waals surface area (Å²) in [6, 6.07) is 63.0. The van der Waals surface area contributed by atoms with Gasteiger partial charge in [0.1, 0.15) is 0 Å². The zero-order valence-corrected chi connectivity index (χ0v) is 28.6. The quantitative estimate of drug-likeness (QED) is 0.164. The molecule has 0 spiro atoms. The summed E-state index contributed by atoms with van der Waals surface area (Å²) < 4.78 is 5.38. The van der Waals surface area contributed by atoms with Crippen molar-refractivity contribution in [2.75, 3.05) is 0 Å². The van der Waals surface area contributed by atoms with Gasteiger partial charge in [0.2, 0.25) is 0 Å². The van der Waals surface area contributed by atoms with Gasteiger partial charge in [0, 0.05) is 45.9 Å². The monoisotopic (exact) mass is 668 g/mol. The lowest BCUT2D eigenvalue weighted by atomic mass is 9.84. The lowest BCUT2D eigenvalue weighted by Crippen LogP contribution is -1.92. The molecule has 232 valence electrons. The Morgan fingerprint density at radius 3 is 1.58 bits per heavy atom. The van der Waals surface area contributed by atoms with Crippen molar-refractivity contribution in [3.63, 3.8) is 0 Å². The minimum Gasteiger partial charge on any atom is -0.135 e. The van der Waals surface area contributed by atoms with Crippen LogP contribution in [0, 0.1) is 0 Å². The molecule has 0 aliphatic rings. The first kappa shape index (κ1) is 28.1. The van der Waals surface area contributed by atoms with Gasteiger partial charge in [-0.3, -0.25) is 0 Å². The van der Waals surface area contributed by atoms with Crippen LogP contribution in [0.1, 0.15) is 0 Å². The van der Waals surface area contributed by atoms with E-state index in [1.54, 1.807) is 0 Å². The lowest BCUT2D eigenvalue weighted by Gasteiger charge is -2.19. The van der Waals surface area contributed by atoms with E-state index < -0.39 is 0 Å². The smallest absolute Gasteiger partial charge is 0.0441 e. The van der Waals surface area contributed by atoms with E-state index in [0.29, 0.717) is 0 Å². The Kier molecular flexibility index (Phi) is 6.09. The van der Waals surface area contributed by atoms with Crippen LogP contribution in [0.3, 0.4) is 0 Å². The van der Waals surface area contributed by atoms with Gasteiger partial charge in [0.05, 0.1) is 0 Å². The summed E-state index contributed by atoms with van der Waals surface area (Å²) in [7, 11) is 0. The number of rotatable bonds is 3. The molecule has 9 aromatic carbocycles. The zero-order valence-electron chi connectivity index (χ0n) is 27.0. The van der Waals surface area contributed by atoms with Crippen molar-refractivity contribution in [2.24, 2.45) is 0 Å². The van der Waals surface area contributed by atoms with Crippen molar-refractivity contribution >= 4 is 95.3 Å². The molecule has 0 atom stereocenters. The fourth-order valence-electron chi connectivity index (χ4n) is 8.23. The minimum atomic E-state index is 1.23. The van der Waals surface area contributed by atoms with Crippen LogP contribution in [-0.4, -0.2) is 0 Å². The van der Waals surface area contributed by atoms with E-state index in [0.717, 1.165) is 0 Å². The average Bonchev–Trinajstić information content (AvgIpc) is 3.74. The predicted octanol–water partition coefficient (Wildman–Crippen LogP) is 14.9. The predicted molar refractivity (Wildman–Crippen MR) is 221 cm³/mol. The molecular weight excluding hydrogens is 641 g/mol. The summed E-state index contributed by atoms with van der Waals surface area (Å²) in [5.74, 6) is 0. The van der Waals surface area contributed by atoms with Gasteiger partial charge < -0.3 is 0 Å². The van der Waals surface area contributed by atoms with Gasteiger partial charge in [0.15, 0.2) is 0 Å². The molecule has 0 fully saturated rings. The van der Waals surface area contributed by atoms with E-state index in [4.69, 9.17) is 0 Å². The van der Waals surface area contributed by atoms with Gasteiger partial charge in [0.25, 0.3) is 0 Å². The molecule has 0 nitrogen and oxygen atoms in total. The van der Waals surface area contributed by atoms with Crippen molar-refractivity contribution in [1.82, 2.24) is 0 Å². The van der Waals surface area contributed by atoms with Crippen LogP contribution in [0.2, 0.25) is 0 Å². The van der Waals surface area contributed by atoms with Crippen LogP contribution in [0.25, 0.3) is 106 Å². The van der Waals surface area contributed by atoms with E-state index in [2.05, 4.69) is 170 Å². The maximum Gasteiger partial charge on any atom is 0.0441 e. The fraction of sp³-hybridized carbons (Fsp3) is 0. The summed E-state index contributed by atoms with van der Waals surface area (Å²) in [6.07, 6.45) is 0. The molecule has 0 saturated carbocycles. The molecule has 0 N–H and O–H groups in total. The molecule has 0 aliphatic carbocycles. The van der Waals surface area contributed by atoms with Crippen molar-refractivity contribution in [2.45, 2.75) is 0 Å². The Balaban J connectivity index is 1.26. The van der Waals surface area contributed by atoms with Gasteiger partial charge in [-0.05, 0) is 90.5 Å². The molecule has 11 rings (SSSR count). The van der Waals surface area contributed by atoms with Gasteiger partial charge in [-0.15, -0.1) is 22.7 Å². The Morgan fingerprint density at radius 2 is 0.840 bits per heavy atom. The molecule has 50 heavy (non-hydrogen) atoms. The topological polar surface area (TPSA) is 0 Å². The molecular formula is C48H28S2. The summed E-state index contributed by atoms with van der Waals surface area (Å²) in [6.45, 7) is 0. The molecule has 0 unspecified atom stereocenters. The van der Waals surface area contributed by atoms with Crippen molar-refractivity contribution in [1.29, 1.82) is 0 Å². The SMILES string of the molecule is c1cc(-c2ccc3ccccc3c2)cc(-c2c3ccccc3c(-c3c4sc5ccccc5c4cc4sc5ccccc5c34)c3ccccc23)c1. The Labute approximate surface area is 297 Å². The van der Waals surface area contributed by atoms with E-state index >= 15 is 0 Å². The summed E-state index contributed by atoms with van der Waals surface area (Å²) in [5, 5.41) is 13.1. The highest BCUT2D eigenvalue weighted by Gasteiger charge is 2.23.